The van der Waals surface area contributed by atoms with Gasteiger partial charge in [-0.05, 0) is 55.0 Å². The van der Waals surface area contributed by atoms with Gasteiger partial charge in [0.15, 0.2) is 11.5 Å². The molecule has 4 rings (SSSR count). The number of rotatable bonds is 7. The highest BCUT2D eigenvalue weighted by atomic mass is 16.5. The number of fused-ring (bicyclic) bond motifs is 1. The minimum absolute atomic E-state index is 0.0155. The molecular formula is C25H24N4O4. The average molecular weight is 444 g/mol. The smallest absolute Gasteiger partial charge is 0.289 e. The SMILES string of the molecule is COc1cc(-c2cc(C(=O)NN=Cc3c(O)ccc4ccccc34)[nH]n2)ccc1OC(C)C. The van der Waals surface area contributed by atoms with Crippen molar-refractivity contribution in [2.45, 2.75) is 20.0 Å². The maximum absolute atomic E-state index is 12.5. The number of aromatic hydroxyl groups is 1. The van der Waals surface area contributed by atoms with Gasteiger partial charge in [-0.25, -0.2) is 5.43 Å². The molecule has 4 aromatic rings. The monoisotopic (exact) mass is 444 g/mol. The number of amides is 1. The van der Waals surface area contributed by atoms with E-state index in [-0.39, 0.29) is 17.5 Å². The van der Waals surface area contributed by atoms with Gasteiger partial charge in [0.25, 0.3) is 5.91 Å². The van der Waals surface area contributed by atoms with E-state index in [2.05, 4.69) is 20.7 Å². The number of hydrogen-bond donors (Lipinski definition) is 3. The van der Waals surface area contributed by atoms with Crippen LogP contribution in [0.2, 0.25) is 0 Å². The Hall–Kier alpha value is -4.33. The van der Waals surface area contributed by atoms with Gasteiger partial charge in [0.1, 0.15) is 11.4 Å². The van der Waals surface area contributed by atoms with Crippen molar-refractivity contribution in [2.75, 3.05) is 7.11 Å². The Morgan fingerprint density at radius 1 is 1.12 bits per heavy atom. The summed E-state index contributed by atoms with van der Waals surface area (Å²) in [5.74, 6) is 0.830. The Kier molecular flexibility index (Phi) is 6.26. The highest BCUT2D eigenvalue weighted by Crippen LogP contribution is 2.32. The molecule has 0 spiro atoms. The van der Waals surface area contributed by atoms with E-state index >= 15 is 0 Å². The van der Waals surface area contributed by atoms with E-state index in [1.54, 1.807) is 25.3 Å². The molecule has 3 aromatic carbocycles. The molecule has 1 heterocycles. The predicted molar refractivity (Wildman–Crippen MR) is 127 cm³/mol. The summed E-state index contributed by atoms with van der Waals surface area (Å²) in [5, 5.41) is 22.9. The minimum atomic E-state index is -0.462. The molecule has 0 unspecified atom stereocenters. The fourth-order valence-corrected chi connectivity index (χ4v) is 3.40. The standard InChI is InChI=1S/C25H24N4O4/c1-15(2)33-23-11-9-17(12-24(23)32-3)20-13-21(28-27-20)25(31)29-26-14-19-18-7-5-4-6-16(18)8-10-22(19)30/h4-15,30H,1-3H3,(H,27,28)(H,29,31). The number of nitrogens with one attached hydrogen (secondary N) is 2. The number of methoxy groups -OCH3 is 1. The second kappa shape index (κ2) is 9.44. The average Bonchev–Trinajstić information content (AvgIpc) is 3.31. The number of aromatic nitrogens is 2. The lowest BCUT2D eigenvalue weighted by Gasteiger charge is -2.14. The van der Waals surface area contributed by atoms with Crippen molar-refractivity contribution in [1.29, 1.82) is 0 Å². The number of aromatic amines is 1. The van der Waals surface area contributed by atoms with E-state index < -0.39 is 5.91 Å². The second-order valence-electron chi connectivity index (χ2n) is 7.62. The van der Waals surface area contributed by atoms with Crippen LogP contribution in [0.3, 0.4) is 0 Å². The highest BCUT2D eigenvalue weighted by molar-refractivity contribution is 6.03. The number of carbonyl (C=O) groups excluding carboxylic acids is 1. The largest absolute Gasteiger partial charge is 0.507 e. The maximum Gasteiger partial charge on any atom is 0.289 e. The second-order valence-corrected chi connectivity index (χ2v) is 7.62. The Morgan fingerprint density at radius 3 is 2.73 bits per heavy atom. The molecule has 0 aliphatic rings. The van der Waals surface area contributed by atoms with E-state index in [1.807, 2.05) is 56.3 Å². The van der Waals surface area contributed by atoms with Gasteiger partial charge in [0, 0.05) is 11.1 Å². The Bertz CT molecular complexity index is 1330. The third kappa shape index (κ3) is 4.79. The molecule has 168 valence electrons. The molecule has 1 amide bonds. The number of phenolic OH excluding ortho intramolecular Hbond substituents is 1. The molecule has 8 nitrogen and oxygen atoms in total. The van der Waals surface area contributed by atoms with Gasteiger partial charge < -0.3 is 14.6 Å². The van der Waals surface area contributed by atoms with Gasteiger partial charge in [-0.2, -0.15) is 10.2 Å². The van der Waals surface area contributed by atoms with E-state index in [1.165, 1.54) is 6.21 Å². The van der Waals surface area contributed by atoms with Crippen molar-refractivity contribution < 1.29 is 19.4 Å². The first-order valence-corrected chi connectivity index (χ1v) is 10.4. The normalized spacial score (nSPS) is 11.3. The molecule has 0 atom stereocenters. The quantitative estimate of drug-likeness (QED) is 0.287. The van der Waals surface area contributed by atoms with Crippen molar-refractivity contribution in [3.8, 4) is 28.5 Å². The van der Waals surface area contributed by atoms with Gasteiger partial charge in [0.05, 0.1) is 25.1 Å². The minimum Gasteiger partial charge on any atom is -0.507 e. The lowest BCUT2D eigenvalue weighted by molar-refractivity contribution is 0.0950. The van der Waals surface area contributed by atoms with Crippen LogP contribution in [0.1, 0.15) is 29.9 Å². The number of ether oxygens (including phenoxy) is 2. The van der Waals surface area contributed by atoms with Gasteiger partial charge in [-0.1, -0.05) is 30.3 Å². The Morgan fingerprint density at radius 2 is 1.94 bits per heavy atom. The summed E-state index contributed by atoms with van der Waals surface area (Å²) in [6.07, 6.45) is 1.44. The van der Waals surface area contributed by atoms with Gasteiger partial charge in [-0.3, -0.25) is 9.89 Å². The van der Waals surface area contributed by atoms with E-state index in [4.69, 9.17) is 9.47 Å². The number of hydrogen-bond acceptors (Lipinski definition) is 6. The molecule has 0 saturated heterocycles. The number of nitrogens with zero attached hydrogens (tertiary/aromatic N) is 2. The fraction of sp³-hybridized carbons (Fsp3) is 0.160. The molecule has 0 aliphatic carbocycles. The summed E-state index contributed by atoms with van der Waals surface area (Å²) in [7, 11) is 1.57. The van der Waals surface area contributed by atoms with Crippen molar-refractivity contribution in [2.24, 2.45) is 5.10 Å². The molecule has 8 heteroatoms. The van der Waals surface area contributed by atoms with E-state index in [9.17, 15) is 9.90 Å². The zero-order valence-electron chi connectivity index (χ0n) is 18.5. The number of H-pyrrole nitrogens is 1. The molecule has 0 aliphatic heterocycles. The van der Waals surface area contributed by atoms with Crippen molar-refractivity contribution in [1.82, 2.24) is 15.6 Å². The first-order chi connectivity index (χ1) is 16.0. The van der Waals surface area contributed by atoms with Crippen LogP contribution >= 0.6 is 0 Å². The van der Waals surface area contributed by atoms with Crippen LogP contribution in [-0.2, 0) is 0 Å². The Labute approximate surface area is 190 Å². The maximum atomic E-state index is 12.5. The molecule has 33 heavy (non-hydrogen) atoms. The van der Waals surface area contributed by atoms with Crippen LogP contribution in [-0.4, -0.2) is 40.6 Å². The molecule has 1 aromatic heterocycles. The number of benzene rings is 3. The van der Waals surface area contributed by atoms with E-state index in [0.717, 1.165) is 16.3 Å². The molecule has 3 N–H and O–H groups in total. The Balaban J connectivity index is 1.50. The van der Waals surface area contributed by atoms with Crippen LogP contribution in [0, 0.1) is 0 Å². The third-order valence-corrected chi connectivity index (χ3v) is 4.95. The fourth-order valence-electron chi connectivity index (χ4n) is 3.40. The summed E-state index contributed by atoms with van der Waals surface area (Å²) in [6.45, 7) is 3.88. The number of phenols is 1. The van der Waals surface area contributed by atoms with E-state index in [0.29, 0.717) is 22.8 Å². The first-order valence-electron chi connectivity index (χ1n) is 10.4. The van der Waals surface area contributed by atoms with Crippen LogP contribution in [0.5, 0.6) is 17.2 Å². The molecule has 0 saturated carbocycles. The molecule has 0 fully saturated rings. The predicted octanol–water partition coefficient (Wildman–Crippen LogP) is 4.50. The van der Waals surface area contributed by atoms with Crippen molar-refractivity contribution in [3.05, 3.63) is 71.9 Å². The number of carbonyl (C=O) groups is 1. The zero-order valence-corrected chi connectivity index (χ0v) is 18.5. The molecule has 0 radical (unpaired) electrons. The lowest BCUT2D eigenvalue weighted by atomic mass is 10.0. The summed E-state index contributed by atoms with van der Waals surface area (Å²) >= 11 is 0. The first kappa shape index (κ1) is 21.9. The number of hydrazone groups is 1. The topological polar surface area (TPSA) is 109 Å². The van der Waals surface area contributed by atoms with Crippen molar-refractivity contribution in [3.63, 3.8) is 0 Å². The molecule has 0 bridgehead atoms. The molecular weight excluding hydrogens is 420 g/mol. The summed E-state index contributed by atoms with van der Waals surface area (Å²) in [4.78, 5) is 12.5. The lowest BCUT2D eigenvalue weighted by Crippen LogP contribution is -2.18. The zero-order chi connectivity index (χ0) is 23.4. The summed E-state index contributed by atoms with van der Waals surface area (Å²) in [5.41, 5.74) is 4.57. The van der Waals surface area contributed by atoms with Crippen LogP contribution in [0.25, 0.3) is 22.0 Å². The third-order valence-electron chi connectivity index (χ3n) is 4.95. The van der Waals surface area contributed by atoms with Crippen LogP contribution < -0.4 is 14.9 Å². The van der Waals surface area contributed by atoms with Gasteiger partial charge in [0.2, 0.25) is 0 Å². The van der Waals surface area contributed by atoms with Gasteiger partial charge in [-0.15, -0.1) is 0 Å². The van der Waals surface area contributed by atoms with Crippen molar-refractivity contribution >= 4 is 22.9 Å². The van der Waals surface area contributed by atoms with Crippen LogP contribution in [0.15, 0.2) is 65.8 Å². The van der Waals surface area contributed by atoms with Crippen LogP contribution in [0.4, 0.5) is 0 Å². The summed E-state index contributed by atoms with van der Waals surface area (Å²) < 4.78 is 11.2. The summed E-state index contributed by atoms with van der Waals surface area (Å²) in [6, 6.07) is 18.1. The van der Waals surface area contributed by atoms with Gasteiger partial charge >= 0.3 is 0 Å². The highest BCUT2D eigenvalue weighted by Gasteiger charge is 2.14.